The van der Waals surface area contributed by atoms with Crippen molar-refractivity contribution in [1.82, 2.24) is 16.0 Å². The summed E-state index contributed by atoms with van der Waals surface area (Å²) in [5.41, 5.74) is 2.62. The average molecular weight is 351 g/mol. The predicted molar refractivity (Wildman–Crippen MR) is 106 cm³/mol. The third-order valence-corrected chi connectivity index (χ3v) is 5.04. The van der Waals surface area contributed by atoms with Crippen LogP contribution in [0.4, 0.5) is 4.79 Å². The van der Waals surface area contributed by atoms with Crippen LogP contribution in [0.1, 0.15) is 43.2 Å². The highest BCUT2D eigenvalue weighted by Gasteiger charge is 2.32. The van der Waals surface area contributed by atoms with Crippen LogP contribution >= 0.6 is 0 Å². The van der Waals surface area contributed by atoms with Crippen molar-refractivity contribution < 1.29 is 4.79 Å². The first-order valence-electron chi connectivity index (χ1n) is 9.65. The molecule has 1 aliphatic heterocycles. The highest BCUT2D eigenvalue weighted by atomic mass is 16.2. The van der Waals surface area contributed by atoms with E-state index in [1.165, 1.54) is 11.1 Å². The van der Waals surface area contributed by atoms with E-state index >= 15 is 0 Å². The maximum absolute atomic E-state index is 12.0. The number of amides is 2. The van der Waals surface area contributed by atoms with Gasteiger partial charge in [0.25, 0.3) is 0 Å². The van der Waals surface area contributed by atoms with E-state index in [-0.39, 0.29) is 18.0 Å². The van der Waals surface area contributed by atoms with Crippen molar-refractivity contribution in [2.45, 2.75) is 44.2 Å². The topological polar surface area (TPSA) is 53.2 Å². The molecule has 1 fully saturated rings. The minimum atomic E-state index is -0.0538. The first-order chi connectivity index (χ1) is 12.8. The summed E-state index contributed by atoms with van der Waals surface area (Å²) in [6.07, 6.45) is 3.03. The van der Waals surface area contributed by atoms with Crippen LogP contribution in [0.2, 0.25) is 0 Å². The Morgan fingerprint density at radius 3 is 2.27 bits per heavy atom. The number of hydrogen-bond donors (Lipinski definition) is 3. The van der Waals surface area contributed by atoms with E-state index in [2.05, 4.69) is 83.5 Å². The standard InChI is InChI=1S/C22H29N3O/c1-2-3-14-23-22(26)25-19-15-20(24-16-19)21(17-10-6-4-7-11-17)18-12-8-5-9-13-18/h4-13,19-21,24H,2-3,14-16H2,1H3,(H2,23,25,26)/t19-,20-/m1/s1. The smallest absolute Gasteiger partial charge is 0.315 e. The lowest BCUT2D eigenvalue weighted by atomic mass is 9.84. The maximum atomic E-state index is 12.0. The van der Waals surface area contributed by atoms with E-state index in [0.717, 1.165) is 32.4 Å². The molecule has 0 spiro atoms. The zero-order valence-electron chi connectivity index (χ0n) is 15.4. The third kappa shape index (κ3) is 4.85. The SMILES string of the molecule is CCCCNC(=O)N[C@H]1CN[C@@H](C(c2ccccc2)c2ccccc2)C1. The van der Waals surface area contributed by atoms with Crippen molar-refractivity contribution in [3.63, 3.8) is 0 Å². The molecule has 138 valence electrons. The van der Waals surface area contributed by atoms with Gasteiger partial charge < -0.3 is 16.0 Å². The summed E-state index contributed by atoms with van der Waals surface area (Å²) in [4.78, 5) is 12.0. The molecule has 0 saturated carbocycles. The summed E-state index contributed by atoms with van der Waals surface area (Å²) in [5, 5.41) is 9.69. The molecule has 4 nitrogen and oxygen atoms in total. The molecule has 1 aliphatic rings. The van der Waals surface area contributed by atoms with Gasteiger partial charge in [-0.05, 0) is 24.0 Å². The molecule has 1 heterocycles. The van der Waals surface area contributed by atoms with Crippen molar-refractivity contribution in [2.24, 2.45) is 0 Å². The highest BCUT2D eigenvalue weighted by Crippen LogP contribution is 2.32. The van der Waals surface area contributed by atoms with Crippen LogP contribution in [0, 0.1) is 0 Å². The Morgan fingerprint density at radius 1 is 1.08 bits per heavy atom. The van der Waals surface area contributed by atoms with Gasteiger partial charge in [0.15, 0.2) is 0 Å². The highest BCUT2D eigenvalue weighted by molar-refractivity contribution is 5.74. The molecule has 2 amide bonds. The quantitative estimate of drug-likeness (QED) is 0.667. The molecule has 3 N–H and O–H groups in total. The molecule has 26 heavy (non-hydrogen) atoms. The molecule has 0 unspecified atom stereocenters. The van der Waals surface area contributed by atoms with E-state index in [0.29, 0.717) is 6.04 Å². The van der Waals surface area contributed by atoms with Crippen molar-refractivity contribution in [2.75, 3.05) is 13.1 Å². The zero-order valence-corrected chi connectivity index (χ0v) is 15.4. The van der Waals surface area contributed by atoms with Crippen LogP contribution in [-0.4, -0.2) is 31.2 Å². The lowest BCUT2D eigenvalue weighted by Crippen LogP contribution is -2.43. The lowest BCUT2D eigenvalue weighted by Gasteiger charge is -2.25. The normalized spacial score (nSPS) is 19.5. The monoisotopic (exact) mass is 351 g/mol. The Bertz CT molecular complexity index is 635. The van der Waals surface area contributed by atoms with E-state index < -0.39 is 0 Å². The van der Waals surface area contributed by atoms with Gasteiger partial charge in [-0.15, -0.1) is 0 Å². The van der Waals surface area contributed by atoms with Gasteiger partial charge in [0.1, 0.15) is 0 Å². The first kappa shape index (κ1) is 18.5. The second kappa shape index (κ2) is 9.39. The largest absolute Gasteiger partial charge is 0.338 e. The lowest BCUT2D eigenvalue weighted by molar-refractivity contribution is 0.237. The number of carbonyl (C=O) groups is 1. The number of urea groups is 1. The van der Waals surface area contributed by atoms with Crippen LogP contribution < -0.4 is 16.0 Å². The van der Waals surface area contributed by atoms with Gasteiger partial charge in [-0.3, -0.25) is 0 Å². The van der Waals surface area contributed by atoms with Gasteiger partial charge in [-0.2, -0.15) is 0 Å². The Balaban J connectivity index is 1.66. The molecule has 1 saturated heterocycles. The second-order valence-corrected chi connectivity index (χ2v) is 7.00. The minimum Gasteiger partial charge on any atom is -0.338 e. The van der Waals surface area contributed by atoms with Crippen molar-refractivity contribution in [1.29, 1.82) is 0 Å². The fourth-order valence-electron chi connectivity index (χ4n) is 3.72. The molecule has 4 heteroatoms. The summed E-state index contributed by atoms with van der Waals surface area (Å²) < 4.78 is 0. The van der Waals surface area contributed by atoms with Gasteiger partial charge in [0.05, 0.1) is 0 Å². The predicted octanol–water partition coefficient (Wildman–Crippen LogP) is 3.65. The Kier molecular flexibility index (Phi) is 6.67. The molecule has 0 aliphatic carbocycles. The summed E-state index contributed by atoms with van der Waals surface area (Å²) in [6, 6.07) is 21.7. The molecular weight excluding hydrogens is 322 g/mol. The fourth-order valence-corrected chi connectivity index (χ4v) is 3.72. The van der Waals surface area contributed by atoms with Crippen LogP contribution in [0.5, 0.6) is 0 Å². The average Bonchev–Trinajstić information content (AvgIpc) is 3.12. The van der Waals surface area contributed by atoms with Gasteiger partial charge in [0, 0.05) is 31.1 Å². The summed E-state index contributed by atoms with van der Waals surface area (Å²) in [5.74, 6) is 0.285. The molecule has 3 rings (SSSR count). The molecule has 0 bridgehead atoms. The molecule has 0 radical (unpaired) electrons. The minimum absolute atomic E-state index is 0.0538. The van der Waals surface area contributed by atoms with Crippen molar-refractivity contribution in [3.8, 4) is 0 Å². The molecule has 2 aromatic carbocycles. The van der Waals surface area contributed by atoms with Crippen LogP contribution in [0.15, 0.2) is 60.7 Å². The number of hydrogen-bond acceptors (Lipinski definition) is 2. The first-order valence-corrected chi connectivity index (χ1v) is 9.65. The maximum Gasteiger partial charge on any atom is 0.315 e. The zero-order chi connectivity index (χ0) is 18.2. The number of nitrogens with one attached hydrogen (secondary N) is 3. The van der Waals surface area contributed by atoms with E-state index in [9.17, 15) is 4.79 Å². The Morgan fingerprint density at radius 2 is 1.69 bits per heavy atom. The fraction of sp³-hybridized carbons (Fsp3) is 0.409. The van der Waals surface area contributed by atoms with Crippen molar-refractivity contribution >= 4 is 6.03 Å². The Labute approximate surface area is 156 Å². The van der Waals surface area contributed by atoms with E-state index in [1.54, 1.807) is 0 Å². The van der Waals surface area contributed by atoms with Crippen LogP contribution in [-0.2, 0) is 0 Å². The number of benzene rings is 2. The van der Waals surface area contributed by atoms with Crippen LogP contribution in [0.25, 0.3) is 0 Å². The number of unbranched alkanes of at least 4 members (excludes halogenated alkanes) is 1. The summed E-state index contributed by atoms with van der Waals surface area (Å²) in [7, 11) is 0. The second-order valence-electron chi connectivity index (χ2n) is 7.00. The van der Waals surface area contributed by atoms with Crippen LogP contribution in [0.3, 0.4) is 0 Å². The number of carbonyl (C=O) groups excluding carboxylic acids is 1. The Hall–Kier alpha value is -2.33. The van der Waals surface area contributed by atoms with Gasteiger partial charge in [0.2, 0.25) is 0 Å². The van der Waals surface area contributed by atoms with Gasteiger partial charge in [-0.25, -0.2) is 4.79 Å². The van der Waals surface area contributed by atoms with E-state index in [1.807, 2.05) is 0 Å². The molecule has 2 atom stereocenters. The van der Waals surface area contributed by atoms with E-state index in [4.69, 9.17) is 0 Å². The molecular formula is C22H29N3O. The third-order valence-electron chi connectivity index (χ3n) is 5.04. The summed E-state index contributed by atoms with van der Waals surface area (Å²) >= 11 is 0. The van der Waals surface area contributed by atoms with Gasteiger partial charge >= 0.3 is 6.03 Å². The number of rotatable bonds is 7. The summed E-state index contributed by atoms with van der Waals surface area (Å²) in [6.45, 7) is 3.67. The molecule has 0 aromatic heterocycles. The van der Waals surface area contributed by atoms with Crippen molar-refractivity contribution in [3.05, 3.63) is 71.8 Å². The molecule has 2 aromatic rings. The van der Waals surface area contributed by atoms with Gasteiger partial charge in [-0.1, -0.05) is 74.0 Å².